The Morgan fingerprint density at radius 3 is 3.19 bits per heavy atom. The minimum absolute atomic E-state index is 0.287. The van der Waals surface area contributed by atoms with Crippen LogP contribution in [0.5, 0.6) is 0 Å². The zero-order valence-electron chi connectivity index (χ0n) is 9.94. The molecule has 1 N–H and O–H groups in total. The van der Waals surface area contributed by atoms with Gasteiger partial charge in [0.05, 0.1) is 24.2 Å². The number of hydrogen-bond acceptors (Lipinski definition) is 3. The lowest BCUT2D eigenvalue weighted by molar-refractivity contribution is 0.135. The zero-order valence-corrected chi connectivity index (χ0v) is 9.94. The molecule has 0 saturated carbocycles. The third-order valence-corrected chi connectivity index (χ3v) is 2.78. The number of nitrogens with one attached hydrogen (secondary N) is 1. The largest absolute Gasteiger partial charge is 0.497 e. The van der Waals surface area contributed by atoms with Crippen molar-refractivity contribution in [1.82, 2.24) is 9.78 Å². The first-order valence-corrected chi connectivity index (χ1v) is 5.86. The normalized spacial score (nSPS) is 19.5. The molecule has 0 amide bonds. The molecule has 1 aromatic heterocycles. The highest BCUT2D eigenvalue weighted by Crippen LogP contribution is 2.16. The van der Waals surface area contributed by atoms with Crippen LogP contribution in [-0.2, 0) is 18.2 Å². The molecule has 0 bridgehead atoms. The molecule has 2 heterocycles. The first-order valence-electron chi connectivity index (χ1n) is 5.86. The third-order valence-electron chi connectivity index (χ3n) is 2.78. The highest BCUT2D eigenvalue weighted by Gasteiger charge is 2.12. The van der Waals surface area contributed by atoms with Gasteiger partial charge in [0.15, 0.2) is 0 Å². The molecular weight excluding hydrogens is 202 g/mol. The molecule has 1 aromatic rings. The number of ether oxygens (including phenoxy) is 1. The summed E-state index contributed by atoms with van der Waals surface area (Å²) in [4.78, 5) is 0. The Morgan fingerprint density at radius 1 is 1.62 bits per heavy atom. The molecule has 0 aromatic carbocycles. The van der Waals surface area contributed by atoms with Gasteiger partial charge in [-0.3, -0.25) is 4.68 Å². The van der Waals surface area contributed by atoms with Crippen LogP contribution in [0.4, 0.5) is 5.69 Å². The van der Waals surface area contributed by atoms with Gasteiger partial charge in [-0.25, -0.2) is 0 Å². The molecule has 88 valence electrons. The zero-order chi connectivity index (χ0) is 11.4. The van der Waals surface area contributed by atoms with Crippen LogP contribution in [0.25, 0.3) is 0 Å². The summed E-state index contributed by atoms with van der Waals surface area (Å²) in [5, 5.41) is 7.80. The highest BCUT2D eigenvalue weighted by molar-refractivity contribution is 5.46. The lowest BCUT2D eigenvalue weighted by Gasteiger charge is -2.20. The van der Waals surface area contributed by atoms with Gasteiger partial charge in [0, 0.05) is 13.2 Å². The average Bonchev–Trinajstić information content (AvgIpc) is 2.68. The second-order valence-electron chi connectivity index (χ2n) is 4.10. The molecule has 0 aliphatic carbocycles. The number of rotatable bonds is 4. The van der Waals surface area contributed by atoms with Gasteiger partial charge in [0.2, 0.25) is 0 Å². The van der Waals surface area contributed by atoms with Crippen LogP contribution >= 0.6 is 0 Å². The topological polar surface area (TPSA) is 39.1 Å². The van der Waals surface area contributed by atoms with Crippen LogP contribution in [0.1, 0.15) is 25.5 Å². The van der Waals surface area contributed by atoms with Crippen molar-refractivity contribution >= 4 is 5.69 Å². The van der Waals surface area contributed by atoms with Crippen LogP contribution in [0.15, 0.2) is 18.5 Å². The van der Waals surface area contributed by atoms with Crippen molar-refractivity contribution in [3.8, 4) is 0 Å². The lowest BCUT2D eigenvalue weighted by atomic mass is 10.1. The van der Waals surface area contributed by atoms with Gasteiger partial charge < -0.3 is 10.1 Å². The molecule has 0 spiro atoms. The SMILES string of the molecule is CCc1nn(C)cc1NCC1CCC=CO1. The number of hydrogen-bond donors (Lipinski definition) is 1. The van der Waals surface area contributed by atoms with Crippen LogP contribution in [0.3, 0.4) is 0 Å². The van der Waals surface area contributed by atoms with E-state index in [-0.39, 0.29) is 6.10 Å². The smallest absolute Gasteiger partial charge is 0.115 e. The predicted octanol–water partition coefficient (Wildman–Crippen LogP) is 2.09. The summed E-state index contributed by atoms with van der Waals surface area (Å²) in [7, 11) is 1.95. The van der Waals surface area contributed by atoms with Crippen LogP contribution in [0.2, 0.25) is 0 Å². The van der Waals surface area contributed by atoms with Crippen molar-refractivity contribution in [3.63, 3.8) is 0 Å². The van der Waals surface area contributed by atoms with Crippen molar-refractivity contribution in [1.29, 1.82) is 0 Å². The summed E-state index contributed by atoms with van der Waals surface area (Å²) in [5.74, 6) is 0. The molecule has 1 aliphatic rings. The van der Waals surface area contributed by atoms with Gasteiger partial charge in [0.25, 0.3) is 0 Å². The van der Waals surface area contributed by atoms with E-state index in [0.29, 0.717) is 0 Å². The Hall–Kier alpha value is -1.45. The summed E-state index contributed by atoms with van der Waals surface area (Å²) < 4.78 is 7.36. The molecule has 1 unspecified atom stereocenters. The number of nitrogens with zero attached hydrogens (tertiary/aromatic N) is 2. The van der Waals surface area contributed by atoms with E-state index < -0.39 is 0 Å². The van der Waals surface area contributed by atoms with Crippen molar-refractivity contribution in [2.45, 2.75) is 32.3 Å². The van der Waals surface area contributed by atoms with E-state index in [1.807, 2.05) is 17.9 Å². The van der Waals surface area contributed by atoms with E-state index in [1.54, 1.807) is 6.26 Å². The van der Waals surface area contributed by atoms with Crippen molar-refractivity contribution in [2.75, 3.05) is 11.9 Å². The second-order valence-corrected chi connectivity index (χ2v) is 4.10. The maximum absolute atomic E-state index is 5.51. The summed E-state index contributed by atoms with van der Waals surface area (Å²) >= 11 is 0. The molecule has 0 saturated heterocycles. The van der Waals surface area contributed by atoms with E-state index >= 15 is 0 Å². The molecule has 4 nitrogen and oxygen atoms in total. The molecule has 0 radical (unpaired) electrons. The minimum atomic E-state index is 0.287. The second kappa shape index (κ2) is 5.05. The Balaban J connectivity index is 1.90. The highest BCUT2D eigenvalue weighted by atomic mass is 16.5. The Kier molecular flexibility index (Phi) is 3.49. The van der Waals surface area contributed by atoms with Gasteiger partial charge in [0.1, 0.15) is 6.10 Å². The molecule has 0 fully saturated rings. The average molecular weight is 221 g/mol. The van der Waals surface area contributed by atoms with Gasteiger partial charge in [-0.1, -0.05) is 6.92 Å². The van der Waals surface area contributed by atoms with E-state index in [1.165, 1.54) is 0 Å². The Labute approximate surface area is 96.3 Å². The van der Waals surface area contributed by atoms with Crippen LogP contribution in [-0.4, -0.2) is 22.4 Å². The maximum atomic E-state index is 5.51. The van der Waals surface area contributed by atoms with E-state index in [0.717, 1.165) is 37.2 Å². The van der Waals surface area contributed by atoms with Crippen molar-refractivity contribution in [3.05, 3.63) is 24.2 Å². The van der Waals surface area contributed by atoms with Gasteiger partial charge >= 0.3 is 0 Å². The predicted molar refractivity (Wildman–Crippen MR) is 64.3 cm³/mol. The van der Waals surface area contributed by atoms with Crippen LogP contribution in [0, 0.1) is 0 Å². The number of aryl methyl sites for hydroxylation is 2. The minimum Gasteiger partial charge on any atom is -0.497 e. The molecule has 1 aliphatic heterocycles. The summed E-state index contributed by atoms with van der Waals surface area (Å²) in [6.45, 7) is 2.97. The first-order chi connectivity index (χ1) is 7.79. The monoisotopic (exact) mass is 221 g/mol. The molecule has 2 rings (SSSR count). The van der Waals surface area contributed by atoms with Crippen molar-refractivity contribution in [2.24, 2.45) is 7.05 Å². The molecule has 16 heavy (non-hydrogen) atoms. The van der Waals surface area contributed by atoms with E-state index in [2.05, 4.69) is 23.4 Å². The standard InChI is InChI=1S/C12H19N3O/c1-3-11-12(9-15(2)14-11)13-8-10-6-4-5-7-16-10/h5,7,9-10,13H,3-4,6,8H2,1-2H3. The fourth-order valence-electron chi connectivity index (χ4n) is 1.90. The van der Waals surface area contributed by atoms with Gasteiger partial charge in [-0.15, -0.1) is 0 Å². The van der Waals surface area contributed by atoms with Gasteiger partial charge in [-0.05, 0) is 25.3 Å². The Bertz CT molecular complexity index is 370. The third kappa shape index (κ3) is 2.56. The van der Waals surface area contributed by atoms with Crippen LogP contribution < -0.4 is 5.32 Å². The number of anilines is 1. The van der Waals surface area contributed by atoms with E-state index in [4.69, 9.17) is 4.74 Å². The quantitative estimate of drug-likeness (QED) is 0.846. The lowest BCUT2D eigenvalue weighted by Crippen LogP contribution is -2.23. The molecule has 4 heteroatoms. The summed E-state index contributed by atoms with van der Waals surface area (Å²) in [5.41, 5.74) is 2.25. The Morgan fingerprint density at radius 2 is 2.50 bits per heavy atom. The summed E-state index contributed by atoms with van der Waals surface area (Å²) in [6.07, 6.45) is 9.34. The van der Waals surface area contributed by atoms with Gasteiger partial charge in [-0.2, -0.15) is 5.10 Å². The first kappa shape index (κ1) is 11.0. The maximum Gasteiger partial charge on any atom is 0.115 e. The molecular formula is C12H19N3O. The summed E-state index contributed by atoms with van der Waals surface area (Å²) in [6, 6.07) is 0. The fraction of sp³-hybridized carbons (Fsp3) is 0.583. The fourth-order valence-corrected chi connectivity index (χ4v) is 1.90. The number of allylic oxidation sites excluding steroid dienone is 1. The number of aromatic nitrogens is 2. The molecule has 1 atom stereocenters. The van der Waals surface area contributed by atoms with E-state index in [9.17, 15) is 0 Å². The van der Waals surface area contributed by atoms with Crippen molar-refractivity contribution < 1.29 is 4.74 Å².